The lowest BCUT2D eigenvalue weighted by atomic mass is 10.1. The fourth-order valence-corrected chi connectivity index (χ4v) is 2.42. The largest absolute Gasteiger partial charge is 0.494 e. The van der Waals surface area contributed by atoms with Crippen molar-refractivity contribution in [3.8, 4) is 5.75 Å². The summed E-state index contributed by atoms with van der Waals surface area (Å²) in [6, 6.07) is 16.3. The summed E-state index contributed by atoms with van der Waals surface area (Å²) in [6.07, 6.45) is 0. The molecule has 0 unspecified atom stereocenters. The SMILES string of the molecule is CCOc1cccc(CN[C@H](C)c2ccccc2Cl)c1. The summed E-state index contributed by atoms with van der Waals surface area (Å²) >= 11 is 6.21. The van der Waals surface area contributed by atoms with E-state index in [0.717, 1.165) is 22.9 Å². The van der Waals surface area contributed by atoms with Gasteiger partial charge in [-0.1, -0.05) is 41.9 Å². The van der Waals surface area contributed by atoms with E-state index in [1.54, 1.807) is 0 Å². The summed E-state index contributed by atoms with van der Waals surface area (Å²) in [7, 11) is 0. The van der Waals surface area contributed by atoms with Crippen LogP contribution in [-0.4, -0.2) is 6.61 Å². The maximum absolute atomic E-state index is 6.21. The first-order valence-electron chi connectivity index (χ1n) is 6.90. The zero-order chi connectivity index (χ0) is 14.4. The lowest BCUT2D eigenvalue weighted by molar-refractivity contribution is 0.339. The Balaban J connectivity index is 1.98. The topological polar surface area (TPSA) is 21.3 Å². The molecule has 0 aliphatic heterocycles. The van der Waals surface area contributed by atoms with Gasteiger partial charge in [0.15, 0.2) is 0 Å². The van der Waals surface area contributed by atoms with Gasteiger partial charge in [-0.2, -0.15) is 0 Å². The highest BCUT2D eigenvalue weighted by atomic mass is 35.5. The van der Waals surface area contributed by atoms with Crippen molar-refractivity contribution in [3.05, 3.63) is 64.7 Å². The average molecular weight is 290 g/mol. The van der Waals surface area contributed by atoms with Gasteiger partial charge < -0.3 is 10.1 Å². The van der Waals surface area contributed by atoms with Crippen molar-refractivity contribution < 1.29 is 4.74 Å². The van der Waals surface area contributed by atoms with Crippen LogP contribution in [0.15, 0.2) is 48.5 Å². The van der Waals surface area contributed by atoms with Gasteiger partial charge in [-0.05, 0) is 43.2 Å². The Morgan fingerprint density at radius 1 is 1.15 bits per heavy atom. The van der Waals surface area contributed by atoms with E-state index in [2.05, 4.69) is 30.4 Å². The summed E-state index contributed by atoms with van der Waals surface area (Å²) in [6.45, 7) is 5.58. The van der Waals surface area contributed by atoms with Crippen molar-refractivity contribution >= 4 is 11.6 Å². The molecule has 0 saturated carbocycles. The van der Waals surface area contributed by atoms with Crippen LogP contribution in [0.3, 0.4) is 0 Å². The maximum Gasteiger partial charge on any atom is 0.119 e. The summed E-state index contributed by atoms with van der Waals surface area (Å²) < 4.78 is 5.51. The molecule has 0 amide bonds. The maximum atomic E-state index is 6.21. The van der Waals surface area contributed by atoms with Gasteiger partial charge in [0.25, 0.3) is 0 Å². The molecule has 2 aromatic rings. The number of rotatable bonds is 6. The van der Waals surface area contributed by atoms with Gasteiger partial charge in [-0.15, -0.1) is 0 Å². The van der Waals surface area contributed by atoms with Crippen LogP contribution >= 0.6 is 11.6 Å². The first-order valence-corrected chi connectivity index (χ1v) is 7.28. The Kier molecular flexibility index (Phi) is 5.45. The van der Waals surface area contributed by atoms with Crippen LogP contribution in [0.5, 0.6) is 5.75 Å². The number of hydrogen-bond acceptors (Lipinski definition) is 2. The Morgan fingerprint density at radius 3 is 2.70 bits per heavy atom. The molecule has 0 spiro atoms. The van der Waals surface area contributed by atoms with Gasteiger partial charge in [-0.25, -0.2) is 0 Å². The lowest BCUT2D eigenvalue weighted by Crippen LogP contribution is -2.18. The minimum atomic E-state index is 0.208. The second-order valence-electron chi connectivity index (χ2n) is 4.70. The number of hydrogen-bond donors (Lipinski definition) is 1. The van der Waals surface area contributed by atoms with Gasteiger partial charge in [0.2, 0.25) is 0 Å². The predicted octanol–water partition coefficient (Wildman–Crippen LogP) is 4.59. The molecular formula is C17H20ClNO. The number of benzene rings is 2. The third-order valence-corrected chi connectivity index (χ3v) is 3.54. The molecule has 0 heterocycles. The van der Waals surface area contributed by atoms with Crippen molar-refractivity contribution in [1.82, 2.24) is 5.32 Å². The first kappa shape index (κ1) is 14.9. The van der Waals surface area contributed by atoms with Crippen LogP contribution in [0.25, 0.3) is 0 Å². The van der Waals surface area contributed by atoms with Gasteiger partial charge in [0.05, 0.1) is 6.61 Å². The highest BCUT2D eigenvalue weighted by Gasteiger charge is 2.08. The van der Waals surface area contributed by atoms with E-state index in [1.165, 1.54) is 5.56 Å². The smallest absolute Gasteiger partial charge is 0.119 e. The monoisotopic (exact) mass is 289 g/mol. The number of nitrogens with one attached hydrogen (secondary N) is 1. The molecule has 2 aromatic carbocycles. The standard InChI is InChI=1S/C17H20ClNO/c1-3-20-15-8-6-7-14(11-15)12-19-13(2)16-9-4-5-10-17(16)18/h4-11,13,19H,3,12H2,1-2H3/t13-/m1/s1. The van der Waals surface area contributed by atoms with E-state index in [9.17, 15) is 0 Å². The van der Waals surface area contributed by atoms with Crippen molar-refractivity contribution in [2.45, 2.75) is 26.4 Å². The van der Waals surface area contributed by atoms with Crippen LogP contribution in [-0.2, 0) is 6.54 Å². The third kappa shape index (κ3) is 3.99. The van der Waals surface area contributed by atoms with E-state index in [-0.39, 0.29) is 6.04 Å². The molecule has 0 aliphatic rings. The second-order valence-corrected chi connectivity index (χ2v) is 5.11. The molecule has 20 heavy (non-hydrogen) atoms. The highest BCUT2D eigenvalue weighted by molar-refractivity contribution is 6.31. The van der Waals surface area contributed by atoms with Crippen LogP contribution < -0.4 is 10.1 Å². The Hall–Kier alpha value is -1.51. The minimum Gasteiger partial charge on any atom is -0.494 e. The molecule has 0 bridgehead atoms. The molecule has 1 atom stereocenters. The molecule has 0 fully saturated rings. The fourth-order valence-electron chi connectivity index (χ4n) is 2.12. The Bertz CT molecular complexity index is 556. The van der Waals surface area contributed by atoms with Crippen molar-refractivity contribution in [2.24, 2.45) is 0 Å². The molecule has 2 rings (SSSR count). The quantitative estimate of drug-likeness (QED) is 0.840. The predicted molar refractivity (Wildman–Crippen MR) is 84.3 cm³/mol. The molecule has 106 valence electrons. The van der Waals surface area contributed by atoms with E-state index < -0.39 is 0 Å². The summed E-state index contributed by atoms with van der Waals surface area (Å²) in [5.41, 5.74) is 2.32. The molecule has 0 aromatic heterocycles. The molecule has 0 radical (unpaired) electrons. The van der Waals surface area contributed by atoms with Crippen molar-refractivity contribution in [2.75, 3.05) is 6.61 Å². The average Bonchev–Trinajstić information content (AvgIpc) is 2.46. The zero-order valence-electron chi connectivity index (χ0n) is 11.9. The van der Waals surface area contributed by atoms with Gasteiger partial charge in [0.1, 0.15) is 5.75 Å². The van der Waals surface area contributed by atoms with Crippen LogP contribution in [0.2, 0.25) is 5.02 Å². The van der Waals surface area contributed by atoms with Gasteiger partial charge in [0, 0.05) is 17.6 Å². The van der Waals surface area contributed by atoms with Gasteiger partial charge >= 0.3 is 0 Å². The Labute approximate surface area is 125 Å². The third-order valence-electron chi connectivity index (χ3n) is 3.19. The highest BCUT2D eigenvalue weighted by Crippen LogP contribution is 2.22. The van der Waals surface area contributed by atoms with Crippen LogP contribution in [0.4, 0.5) is 0 Å². The first-order chi connectivity index (χ1) is 9.70. The molecule has 0 saturated heterocycles. The van der Waals surface area contributed by atoms with E-state index in [4.69, 9.17) is 16.3 Å². The number of halogens is 1. The molecule has 2 nitrogen and oxygen atoms in total. The van der Waals surface area contributed by atoms with E-state index in [0.29, 0.717) is 6.61 Å². The van der Waals surface area contributed by atoms with Crippen molar-refractivity contribution in [3.63, 3.8) is 0 Å². The van der Waals surface area contributed by atoms with Crippen LogP contribution in [0.1, 0.15) is 31.0 Å². The Morgan fingerprint density at radius 2 is 1.95 bits per heavy atom. The molecule has 0 aliphatic carbocycles. The summed E-state index contributed by atoms with van der Waals surface area (Å²) in [5, 5.41) is 4.29. The molecule has 3 heteroatoms. The lowest BCUT2D eigenvalue weighted by Gasteiger charge is -2.16. The van der Waals surface area contributed by atoms with E-state index in [1.807, 2.05) is 37.3 Å². The van der Waals surface area contributed by atoms with Crippen molar-refractivity contribution in [1.29, 1.82) is 0 Å². The van der Waals surface area contributed by atoms with Gasteiger partial charge in [-0.3, -0.25) is 0 Å². The van der Waals surface area contributed by atoms with Crippen LogP contribution in [0, 0.1) is 0 Å². The molecule has 1 N–H and O–H groups in total. The summed E-state index contributed by atoms with van der Waals surface area (Å²) in [4.78, 5) is 0. The number of ether oxygens (including phenoxy) is 1. The summed E-state index contributed by atoms with van der Waals surface area (Å²) in [5.74, 6) is 0.914. The second kappa shape index (κ2) is 7.32. The molecular weight excluding hydrogens is 270 g/mol. The zero-order valence-corrected chi connectivity index (χ0v) is 12.7. The van der Waals surface area contributed by atoms with E-state index >= 15 is 0 Å². The normalized spacial score (nSPS) is 12.2. The fraction of sp³-hybridized carbons (Fsp3) is 0.294. The minimum absolute atomic E-state index is 0.208.